The van der Waals surface area contributed by atoms with Crippen LogP contribution < -0.4 is 5.32 Å². The highest BCUT2D eigenvalue weighted by atomic mass is 16.3. The zero-order chi connectivity index (χ0) is 12.0. The molecule has 3 nitrogen and oxygen atoms in total. The summed E-state index contributed by atoms with van der Waals surface area (Å²) < 4.78 is 0. The van der Waals surface area contributed by atoms with Crippen molar-refractivity contribution in [1.29, 1.82) is 5.26 Å². The summed E-state index contributed by atoms with van der Waals surface area (Å²) in [6, 6.07) is 2.73. The van der Waals surface area contributed by atoms with Crippen molar-refractivity contribution in [2.24, 2.45) is 5.92 Å². The van der Waals surface area contributed by atoms with E-state index >= 15 is 0 Å². The van der Waals surface area contributed by atoms with Gasteiger partial charge in [0.2, 0.25) is 0 Å². The van der Waals surface area contributed by atoms with Crippen molar-refractivity contribution in [3.8, 4) is 6.07 Å². The predicted octanol–water partition coefficient (Wildman–Crippen LogP) is 2.21. The van der Waals surface area contributed by atoms with E-state index in [-0.39, 0.29) is 18.1 Å². The minimum atomic E-state index is -0.0706. The Morgan fingerprint density at radius 1 is 1.31 bits per heavy atom. The van der Waals surface area contributed by atoms with Crippen LogP contribution in [0.3, 0.4) is 0 Å². The van der Waals surface area contributed by atoms with Crippen molar-refractivity contribution < 1.29 is 5.11 Å². The smallest absolute Gasteiger partial charge is 0.0672 e. The Labute approximate surface area is 98.8 Å². The molecule has 0 aromatic rings. The summed E-state index contributed by atoms with van der Waals surface area (Å²) >= 11 is 0. The van der Waals surface area contributed by atoms with Gasteiger partial charge in [-0.15, -0.1) is 0 Å². The molecule has 1 saturated carbocycles. The highest BCUT2D eigenvalue weighted by Gasteiger charge is 2.28. The maximum Gasteiger partial charge on any atom is 0.0672 e. The number of aliphatic hydroxyl groups is 1. The van der Waals surface area contributed by atoms with Crippen LogP contribution in [-0.2, 0) is 0 Å². The van der Waals surface area contributed by atoms with Crippen LogP contribution in [0.2, 0.25) is 0 Å². The molecule has 0 radical (unpaired) electrons. The van der Waals surface area contributed by atoms with Crippen molar-refractivity contribution in [2.75, 3.05) is 6.61 Å². The maximum atomic E-state index is 9.17. The molecule has 0 saturated heterocycles. The number of nitrogens with one attached hydrogen (secondary N) is 1. The molecule has 0 amide bonds. The minimum Gasteiger partial charge on any atom is -0.396 e. The van der Waals surface area contributed by atoms with E-state index in [1.54, 1.807) is 0 Å². The molecule has 0 aromatic heterocycles. The number of rotatable bonds is 4. The van der Waals surface area contributed by atoms with Gasteiger partial charge in [-0.05, 0) is 33.1 Å². The second kappa shape index (κ2) is 6.22. The van der Waals surface area contributed by atoms with Crippen LogP contribution in [-0.4, -0.2) is 23.3 Å². The summed E-state index contributed by atoms with van der Waals surface area (Å²) in [5.41, 5.74) is -0.0706. The number of nitriles is 1. The molecule has 1 aliphatic carbocycles. The second-order valence-electron chi connectivity index (χ2n) is 5.48. The van der Waals surface area contributed by atoms with E-state index in [9.17, 15) is 5.26 Å². The Hall–Kier alpha value is -0.590. The summed E-state index contributed by atoms with van der Waals surface area (Å²) in [6.07, 6.45) is 6.48. The lowest BCUT2D eigenvalue weighted by Crippen LogP contribution is -2.49. The molecule has 1 aliphatic rings. The van der Waals surface area contributed by atoms with E-state index in [0.29, 0.717) is 6.04 Å². The van der Waals surface area contributed by atoms with E-state index in [1.165, 1.54) is 19.3 Å². The fraction of sp³-hybridized carbons (Fsp3) is 0.923. The first-order valence-corrected chi connectivity index (χ1v) is 6.37. The monoisotopic (exact) mass is 224 g/mol. The molecule has 1 rings (SSSR count). The van der Waals surface area contributed by atoms with Gasteiger partial charge in [-0.3, -0.25) is 0 Å². The molecular formula is C13H24N2O. The average molecular weight is 224 g/mol. The van der Waals surface area contributed by atoms with Crippen LogP contribution in [0.1, 0.15) is 52.4 Å². The topological polar surface area (TPSA) is 56.0 Å². The van der Waals surface area contributed by atoms with Gasteiger partial charge in [-0.1, -0.05) is 19.3 Å². The first kappa shape index (κ1) is 13.5. The third-order valence-electron chi connectivity index (χ3n) is 3.49. The van der Waals surface area contributed by atoms with Gasteiger partial charge in [0.05, 0.1) is 12.0 Å². The fourth-order valence-corrected chi connectivity index (χ4v) is 2.49. The van der Waals surface area contributed by atoms with Gasteiger partial charge >= 0.3 is 0 Å². The van der Waals surface area contributed by atoms with E-state index < -0.39 is 0 Å². The Morgan fingerprint density at radius 2 is 2.00 bits per heavy atom. The number of nitrogens with zero attached hydrogens (tertiary/aromatic N) is 1. The molecule has 0 bridgehead atoms. The van der Waals surface area contributed by atoms with E-state index in [1.807, 2.05) is 0 Å². The van der Waals surface area contributed by atoms with Gasteiger partial charge < -0.3 is 10.4 Å². The van der Waals surface area contributed by atoms with Crippen molar-refractivity contribution in [3.63, 3.8) is 0 Å². The van der Waals surface area contributed by atoms with E-state index in [4.69, 9.17) is 5.11 Å². The summed E-state index contributed by atoms with van der Waals surface area (Å²) in [5.74, 6) is 0.139. The second-order valence-corrected chi connectivity index (χ2v) is 5.48. The zero-order valence-corrected chi connectivity index (χ0v) is 10.5. The maximum absolute atomic E-state index is 9.17. The molecule has 0 spiro atoms. The van der Waals surface area contributed by atoms with E-state index in [2.05, 4.69) is 25.2 Å². The molecule has 3 heteroatoms. The summed E-state index contributed by atoms with van der Waals surface area (Å²) in [5, 5.41) is 21.7. The van der Waals surface area contributed by atoms with Crippen LogP contribution in [0.25, 0.3) is 0 Å². The van der Waals surface area contributed by atoms with Crippen LogP contribution in [0, 0.1) is 17.2 Å². The molecule has 0 aliphatic heterocycles. The van der Waals surface area contributed by atoms with E-state index in [0.717, 1.165) is 19.3 Å². The van der Waals surface area contributed by atoms with Crippen LogP contribution >= 0.6 is 0 Å². The molecule has 2 atom stereocenters. The lowest BCUT2D eigenvalue weighted by molar-refractivity contribution is 0.205. The van der Waals surface area contributed by atoms with Crippen LogP contribution in [0.5, 0.6) is 0 Å². The number of aliphatic hydroxyl groups excluding tert-OH is 1. The SMILES string of the molecule is CC(C)(CCO)NC1CCCCCC1C#N. The van der Waals surface area contributed by atoms with Crippen molar-refractivity contribution >= 4 is 0 Å². The highest BCUT2D eigenvalue weighted by molar-refractivity contribution is 4.96. The van der Waals surface area contributed by atoms with Gasteiger partial charge in [-0.25, -0.2) is 0 Å². The van der Waals surface area contributed by atoms with Gasteiger partial charge in [0.25, 0.3) is 0 Å². The summed E-state index contributed by atoms with van der Waals surface area (Å²) in [7, 11) is 0. The van der Waals surface area contributed by atoms with Crippen molar-refractivity contribution in [3.05, 3.63) is 0 Å². The lowest BCUT2D eigenvalue weighted by atomic mass is 9.91. The lowest BCUT2D eigenvalue weighted by Gasteiger charge is -2.33. The number of hydrogen-bond donors (Lipinski definition) is 2. The summed E-state index contributed by atoms with van der Waals surface area (Å²) in [6.45, 7) is 4.40. The Balaban J connectivity index is 2.58. The van der Waals surface area contributed by atoms with Crippen molar-refractivity contribution in [1.82, 2.24) is 5.32 Å². The van der Waals surface area contributed by atoms with Gasteiger partial charge in [0, 0.05) is 18.2 Å². The van der Waals surface area contributed by atoms with Gasteiger partial charge in [0.15, 0.2) is 0 Å². The molecule has 16 heavy (non-hydrogen) atoms. The number of hydrogen-bond acceptors (Lipinski definition) is 3. The highest BCUT2D eigenvalue weighted by Crippen LogP contribution is 2.25. The van der Waals surface area contributed by atoms with Crippen LogP contribution in [0.4, 0.5) is 0 Å². The predicted molar refractivity (Wildman–Crippen MR) is 64.9 cm³/mol. The molecule has 0 aromatic carbocycles. The third kappa shape index (κ3) is 4.11. The average Bonchev–Trinajstić information content (AvgIpc) is 2.42. The van der Waals surface area contributed by atoms with Crippen LogP contribution in [0.15, 0.2) is 0 Å². The van der Waals surface area contributed by atoms with Crippen molar-refractivity contribution in [2.45, 2.75) is 64.0 Å². The first-order chi connectivity index (χ1) is 7.59. The molecule has 2 unspecified atom stereocenters. The molecule has 2 N–H and O–H groups in total. The Morgan fingerprint density at radius 3 is 2.62 bits per heavy atom. The molecule has 0 heterocycles. The standard InChI is InChI=1S/C13H24N2O/c1-13(2,8-9-16)15-12-7-5-3-4-6-11(12)10-14/h11-12,15-16H,3-9H2,1-2H3. The normalized spacial score (nSPS) is 27.1. The fourth-order valence-electron chi connectivity index (χ4n) is 2.49. The van der Waals surface area contributed by atoms with Gasteiger partial charge in [-0.2, -0.15) is 5.26 Å². The first-order valence-electron chi connectivity index (χ1n) is 6.37. The molecule has 1 fully saturated rings. The largest absolute Gasteiger partial charge is 0.396 e. The Bertz CT molecular complexity index is 245. The molecule has 92 valence electrons. The van der Waals surface area contributed by atoms with Gasteiger partial charge in [0.1, 0.15) is 0 Å². The minimum absolute atomic E-state index is 0.0706. The third-order valence-corrected chi connectivity index (χ3v) is 3.49. The quantitative estimate of drug-likeness (QED) is 0.720. The Kier molecular flexibility index (Phi) is 5.24. The molecular weight excluding hydrogens is 200 g/mol. The summed E-state index contributed by atoms with van der Waals surface area (Å²) in [4.78, 5) is 0. The zero-order valence-electron chi connectivity index (χ0n) is 10.5.